The van der Waals surface area contributed by atoms with Crippen LogP contribution in [0.3, 0.4) is 0 Å². The first-order valence-corrected chi connectivity index (χ1v) is 3.78. The molecule has 0 N–H and O–H groups in total. The molecule has 0 nitrogen and oxygen atoms in total. The van der Waals surface area contributed by atoms with Gasteiger partial charge >= 0.3 is 0 Å². The van der Waals surface area contributed by atoms with E-state index in [1.54, 1.807) is 0 Å². The lowest BCUT2D eigenvalue weighted by atomic mass is 9.44. The molecule has 3 aliphatic carbocycles. The Morgan fingerprint density at radius 1 is 1.20 bits per heavy atom. The van der Waals surface area contributed by atoms with E-state index in [-0.39, 0.29) is 0 Å². The highest BCUT2D eigenvalue weighted by Gasteiger charge is 2.56. The molecule has 3 aliphatic rings. The van der Waals surface area contributed by atoms with Crippen LogP contribution in [0.1, 0.15) is 0 Å². The molecule has 0 radical (unpaired) electrons. The van der Waals surface area contributed by atoms with Gasteiger partial charge in [-0.1, -0.05) is 24.1 Å². The maximum Gasteiger partial charge on any atom is 0.00527 e. The Balaban J connectivity index is 1.97. The van der Waals surface area contributed by atoms with Gasteiger partial charge in [-0.3, -0.25) is 0 Å². The molecular formula is C10H8. The summed E-state index contributed by atoms with van der Waals surface area (Å²) in [4.78, 5) is 0. The molecule has 48 valence electrons. The Morgan fingerprint density at radius 2 is 2.00 bits per heavy atom. The fourth-order valence-corrected chi connectivity index (χ4v) is 2.44. The third-order valence-electron chi connectivity index (χ3n) is 3.17. The van der Waals surface area contributed by atoms with Gasteiger partial charge in [-0.25, -0.2) is 0 Å². The molecule has 0 heteroatoms. The van der Waals surface area contributed by atoms with Crippen LogP contribution in [-0.2, 0) is 0 Å². The summed E-state index contributed by atoms with van der Waals surface area (Å²) in [7, 11) is 0. The Morgan fingerprint density at radius 3 is 2.50 bits per heavy atom. The fourth-order valence-electron chi connectivity index (χ4n) is 2.44. The lowest BCUT2D eigenvalue weighted by Gasteiger charge is -2.59. The summed E-state index contributed by atoms with van der Waals surface area (Å²) in [5.41, 5.74) is 1.26. The van der Waals surface area contributed by atoms with E-state index < -0.39 is 0 Å². The van der Waals surface area contributed by atoms with E-state index >= 15 is 0 Å². The van der Waals surface area contributed by atoms with Crippen molar-refractivity contribution in [2.45, 2.75) is 0 Å². The second-order valence-corrected chi connectivity index (χ2v) is 3.41. The van der Waals surface area contributed by atoms with Crippen LogP contribution < -0.4 is 0 Å². The van der Waals surface area contributed by atoms with Gasteiger partial charge in [0, 0.05) is 11.5 Å². The molecule has 0 aromatic carbocycles. The molecule has 1 fully saturated rings. The van der Waals surface area contributed by atoms with E-state index in [1.165, 1.54) is 5.57 Å². The van der Waals surface area contributed by atoms with Crippen molar-refractivity contribution in [1.82, 2.24) is 0 Å². The Bertz CT molecular complexity index is 288. The van der Waals surface area contributed by atoms with Gasteiger partial charge in [0.1, 0.15) is 0 Å². The third-order valence-corrected chi connectivity index (χ3v) is 3.17. The van der Waals surface area contributed by atoms with Crippen LogP contribution >= 0.6 is 0 Å². The van der Waals surface area contributed by atoms with Gasteiger partial charge < -0.3 is 0 Å². The minimum Gasteiger partial charge on any atom is -0.115 e. The monoisotopic (exact) mass is 128 g/mol. The molecule has 0 aromatic heterocycles. The summed E-state index contributed by atoms with van der Waals surface area (Å²) in [6.45, 7) is 0. The maximum atomic E-state index is 5.31. The standard InChI is InChI=1S/C10H8/c1-2-6-5-9-7-3-4-8(7)10(6)9/h1,3-5,7-10H/t7-,8+,9-,10+/m0/s1. The average Bonchev–Trinajstić information content (AvgIpc) is 1.89. The van der Waals surface area contributed by atoms with Crippen molar-refractivity contribution in [3.05, 3.63) is 23.8 Å². The van der Waals surface area contributed by atoms with Crippen LogP contribution in [0.4, 0.5) is 0 Å². The van der Waals surface area contributed by atoms with E-state index in [4.69, 9.17) is 6.42 Å². The number of rotatable bonds is 0. The predicted octanol–water partition coefficient (Wildman–Crippen LogP) is 1.61. The lowest BCUT2D eigenvalue weighted by molar-refractivity contribution is 0.0608. The van der Waals surface area contributed by atoms with Crippen LogP contribution in [0.2, 0.25) is 0 Å². The molecule has 0 heterocycles. The Hall–Kier alpha value is -0.960. The molecule has 0 amide bonds. The smallest absolute Gasteiger partial charge is 0.00527 e. The van der Waals surface area contributed by atoms with Crippen molar-refractivity contribution >= 4 is 0 Å². The number of fused-ring (bicyclic) bond motifs is 4. The Labute approximate surface area is 60.6 Å². The van der Waals surface area contributed by atoms with Crippen LogP contribution in [-0.4, -0.2) is 0 Å². The maximum absolute atomic E-state index is 5.31. The van der Waals surface area contributed by atoms with E-state index in [1.807, 2.05) is 0 Å². The van der Waals surface area contributed by atoms with E-state index in [0.717, 1.165) is 23.7 Å². The molecule has 4 atom stereocenters. The van der Waals surface area contributed by atoms with Crippen molar-refractivity contribution in [3.8, 4) is 12.3 Å². The van der Waals surface area contributed by atoms with Crippen molar-refractivity contribution in [2.24, 2.45) is 23.7 Å². The summed E-state index contributed by atoms with van der Waals surface area (Å²) in [5.74, 6) is 6.05. The largest absolute Gasteiger partial charge is 0.115 e. The zero-order valence-corrected chi connectivity index (χ0v) is 5.62. The van der Waals surface area contributed by atoms with Gasteiger partial charge in [-0.15, -0.1) is 6.42 Å². The van der Waals surface area contributed by atoms with Gasteiger partial charge in [0.15, 0.2) is 0 Å². The molecule has 0 spiro atoms. The minimum atomic E-state index is 0.764. The highest BCUT2D eigenvalue weighted by Crippen LogP contribution is 2.62. The number of allylic oxidation sites excluding steroid dienone is 4. The molecule has 10 heavy (non-hydrogen) atoms. The SMILES string of the molecule is C#CC1=C[C@H]2[C@H]3C=C[C@H]3[C@@H]12. The second kappa shape index (κ2) is 1.22. The van der Waals surface area contributed by atoms with Gasteiger partial charge in [0.05, 0.1) is 0 Å². The first-order valence-electron chi connectivity index (χ1n) is 3.78. The first kappa shape index (κ1) is 4.79. The lowest BCUT2D eigenvalue weighted by Crippen LogP contribution is -2.53. The highest BCUT2D eigenvalue weighted by molar-refractivity contribution is 5.47. The second-order valence-electron chi connectivity index (χ2n) is 3.41. The summed E-state index contributed by atoms with van der Waals surface area (Å²) >= 11 is 0. The number of hydrogen-bond donors (Lipinski definition) is 0. The van der Waals surface area contributed by atoms with Gasteiger partial charge in [0.2, 0.25) is 0 Å². The highest BCUT2D eigenvalue weighted by atomic mass is 14.6. The molecule has 0 saturated heterocycles. The molecule has 0 unspecified atom stereocenters. The summed E-state index contributed by atoms with van der Waals surface area (Å²) in [6.07, 6.45) is 12.2. The molecule has 0 aliphatic heterocycles. The van der Waals surface area contributed by atoms with E-state index in [2.05, 4.69) is 24.1 Å². The third kappa shape index (κ3) is 0.285. The topological polar surface area (TPSA) is 0 Å². The Kier molecular flexibility index (Phi) is 0.587. The van der Waals surface area contributed by atoms with E-state index in [9.17, 15) is 0 Å². The quantitative estimate of drug-likeness (QED) is 0.343. The summed E-state index contributed by atoms with van der Waals surface area (Å²) in [5, 5.41) is 0. The van der Waals surface area contributed by atoms with Gasteiger partial charge in [-0.05, 0) is 17.8 Å². The van der Waals surface area contributed by atoms with E-state index in [0.29, 0.717) is 0 Å². The molecule has 0 bridgehead atoms. The fraction of sp³-hybridized carbons (Fsp3) is 0.400. The molecular weight excluding hydrogens is 120 g/mol. The van der Waals surface area contributed by atoms with Gasteiger partial charge in [0.25, 0.3) is 0 Å². The molecule has 1 saturated carbocycles. The van der Waals surface area contributed by atoms with Crippen molar-refractivity contribution in [2.75, 3.05) is 0 Å². The normalized spacial score (nSPS) is 52.1. The minimum absolute atomic E-state index is 0.764. The zero-order valence-electron chi connectivity index (χ0n) is 5.62. The van der Waals surface area contributed by atoms with Crippen LogP contribution in [0, 0.1) is 36.0 Å². The summed E-state index contributed by atoms with van der Waals surface area (Å²) < 4.78 is 0. The van der Waals surface area contributed by atoms with Crippen LogP contribution in [0.25, 0.3) is 0 Å². The van der Waals surface area contributed by atoms with Gasteiger partial charge in [-0.2, -0.15) is 0 Å². The van der Waals surface area contributed by atoms with Crippen molar-refractivity contribution in [3.63, 3.8) is 0 Å². The predicted molar refractivity (Wildman–Crippen MR) is 40.0 cm³/mol. The average molecular weight is 128 g/mol. The number of terminal acetylenes is 1. The zero-order chi connectivity index (χ0) is 6.72. The van der Waals surface area contributed by atoms with Crippen LogP contribution in [0.5, 0.6) is 0 Å². The molecule has 3 rings (SSSR count). The summed E-state index contributed by atoms with van der Waals surface area (Å²) in [6, 6.07) is 0. The van der Waals surface area contributed by atoms with Crippen LogP contribution in [0.15, 0.2) is 23.8 Å². The van der Waals surface area contributed by atoms with Crippen molar-refractivity contribution in [1.29, 1.82) is 0 Å². The number of hydrogen-bond acceptors (Lipinski definition) is 0. The van der Waals surface area contributed by atoms with Crippen molar-refractivity contribution < 1.29 is 0 Å². The first-order chi connectivity index (χ1) is 4.92. The molecule has 0 aromatic rings.